The van der Waals surface area contributed by atoms with Crippen LogP contribution in [0.25, 0.3) is 0 Å². The third-order valence-electron chi connectivity index (χ3n) is 5.09. The smallest absolute Gasteiger partial charge is 0.319 e. The Morgan fingerprint density at radius 1 is 1.43 bits per heavy atom. The van der Waals surface area contributed by atoms with E-state index in [4.69, 9.17) is 4.74 Å². The summed E-state index contributed by atoms with van der Waals surface area (Å²) < 4.78 is 5.98. The molecule has 0 saturated carbocycles. The second kappa shape index (κ2) is 5.48. The average Bonchev–Trinajstić information content (AvgIpc) is 2.99. The fourth-order valence-electron chi connectivity index (χ4n) is 3.81. The van der Waals surface area contributed by atoms with Crippen molar-refractivity contribution in [2.24, 2.45) is 5.92 Å². The van der Waals surface area contributed by atoms with E-state index in [1.165, 1.54) is 0 Å². The summed E-state index contributed by atoms with van der Waals surface area (Å²) in [6.45, 7) is 3.93. The van der Waals surface area contributed by atoms with E-state index in [2.05, 4.69) is 0 Å². The first-order chi connectivity index (χ1) is 10.0. The first-order valence-corrected chi connectivity index (χ1v) is 7.90. The van der Waals surface area contributed by atoms with Crippen LogP contribution in [0.4, 0.5) is 4.79 Å². The van der Waals surface area contributed by atoms with Gasteiger partial charge in [0, 0.05) is 40.2 Å². The molecule has 3 aliphatic rings. The Balaban J connectivity index is 1.52. The molecule has 0 aromatic carbocycles. The van der Waals surface area contributed by atoms with E-state index in [0.717, 1.165) is 39.0 Å². The minimum atomic E-state index is -0.144. The zero-order valence-corrected chi connectivity index (χ0v) is 13.0. The molecule has 3 fully saturated rings. The third kappa shape index (κ3) is 2.61. The van der Waals surface area contributed by atoms with Crippen LogP contribution < -0.4 is 0 Å². The van der Waals surface area contributed by atoms with Crippen molar-refractivity contribution >= 4 is 11.9 Å². The van der Waals surface area contributed by atoms with Gasteiger partial charge in [0.1, 0.15) is 5.60 Å². The largest absolute Gasteiger partial charge is 0.371 e. The average molecular weight is 295 g/mol. The molecule has 21 heavy (non-hydrogen) atoms. The molecule has 0 aromatic rings. The number of hydrogen-bond acceptors (Lipinski definition) is 3. The Kier molecular flexibility index (Phi) is 3.82. The molecule has 1 unspecified atom stereocenters. The Morgan fingerprint density at radius 2 is 2.19 bits per heavy atom. The lowest BCUT2D eigenvalue weighted by atomic mass is 9.79. The summed E-state index contributed by atoms with van der Waals surface area (Å²) in [5.74, 6) is 0.762. The van der Waals surface area contributed by atoms with Gasteiger partial charge < -0.3 is 19.4 Å². The summed E-state index contributed by atoms with van der Waals surface area (Å²) >= 11 is 0. The van der Waals surface area contributed by atoms with Crippen molar-refractivity contribution < 1.29 is 14.3 Å². The van der Waals surface area contributed by atoms with E-state index in [0.29, 0.717) is 31.3 Å². The lowest BCUT2D eigenvalue weighted by Gasteiger charge is -2.50. The summed E-state index contributed by atoms with van der Waals surface area (Å²) in [5.41, 5.74) is -0.144. The first-order valence-electron chi connectivity index (χ1n) is 7.90. The van der Waals surface area contributed by atoms with Crippen LogP contribution in [0, 0.1) is 5.92 Å². The van der Waals surface area contributed by atoms with Crippen molar-refractivity contribution in [3.63, 3.8) is 0 Å². The molecule has 6 nitrogen and oxygen atoms in total. The van der Waals surface area contributed by atoms with Crippen LogP contribution in [0.5, 0.6) is 0 Å². The van der Waals surface area contributed by atoms with Crippen LogP contribution >= 0.6 is 0 Å². The predicted molar refractivity (Wildman–Crippen MR) is 77.9 cm³/mol. The van der Waals surface area contributed by atoms with Crippen LogP contribution in [0.15, 0.2) is 0 Å². The Hall–Kier alpha value is -1.30. The Bertz CT molecular complexity index is 432. The van der Waals surface area contributed by atoms with Gasteiger partial charge in [-0.25, -0.2) is 4.79 Å². The van der Waals surface area contributed by atoms with E-state index in [9.17, 15) is 9.59 Å². The normalized spacial score (nSPS) is 27.3. The fourth-order valence-corrected chi connectivity index (χ4v) is 3.81. The van der Waals surface area contributed by atoms with Crippen molar-refractivity contribution in [3.8, 4) is 0 Å². The second-order valence-corrected chi connectivity index (χ2v) is 6.70. The number of likely N-dealkylation sites (tertiary alicyclic amines) is 2. The summed E-state index contributed by atoms with van der Waals surface area (Å²) in [6.07, 6.45) is 3.75. The van der Waals surface area contributed by atoms with Gasteiger partial charge in [0.25, 0.3) is 0 Å². The molecule has 3 heterocycles. The molecule has 1 spiro atoms. The van der Waals surface area contributed by atoms with Crippen molar-refractivity contribution in [1.29, 1.82) is 0 Å². The minimum absolute atomic E-state index is 0.0598. The Labute approximate surface area is 126 Å². The summed E-state index contributed by atoms with van der Waals surface area (Å²) in [4.78, 5) is 29.0. The SMILES string of the molecule is CN(C)C(=O)N1CC2(C1)OCCC2CCN1CCCC1=O. The third-order valence-corrected chi connectivity index (χ3v) is 5.09. The van der Waals surface area contributed by atoms with E-state index >= 15 is 0 Å². The predicted octanol–water partition coefficient (Wildman–Crippen LogP) is 0.771. The number of amides is 3. The van der Waals surface area contributed by atoms with Gasteiger partial charge in [0.05, 0.1) is 13.1 Å². The number of carbonyl (C=O) groups excluding carboxylic acids is 2. The van der Waals surface area contributed by atoms with Gasteiger partial charge in [-0.05, 0) is 25.2 Å². The van der Waals surface area contributed by atoms with Crippen LogP contribution in [0.1, 0.15) is 25.7 Å². The highest BCUT2D eigenvalue weighted by atomic mass is 16.5. The molecule has 0 aliphatic carbocycles. The second-order valence-electron chi connectivity index (χ2n) is 6.70. The molecule has 1 atom stereocenters. The zero-order chi connectivity index (χ0) is 15.0. The molecule has 3 saturated heterocycles. The number of urea groups is 1. The highest BCUT2D eigenvalue weighted by Gasteiger charge is 2.54. The van der Waals surface area contributed by atoms with Crippen molar-refractivity contribution in [2.75, 3.05) is 46.9 Å². The molecule has 3 amide bonds. The highest BCUT2D eigenvalue weighted by molar-refractivity contribution is 5.78. The number of hydrogen-bond donors (Lipinski definition) is 0. The summed E-state index contributed by atoms with van der Waals surface area (Å²) in [7, 11) is 3.55. The van der Waals surface area contributed by atoms with E-state index in [-0.39, 0.29) is 11.6 Å². The Morgan fingerprint density at radius 3 is 2.81 bits per heavy atom. The van der Waals surface area contributed by atoms with Crippen LogP contribution in [0.2, 0.25) is 0 Å². The van der Waals surface area contributed by atoms with Crippen molar-refractivity contribution in [2.45, 2.75) is 31.3 Å². The van der Waals surface area contributed by atoms with Crippen LogP contribution in [-0.2, 0) is 9.53 Å². The molecule has 0 aromatic heterocycles. The van der Waals surface area contributed by atoms with Crippen molar-refractivity contribution in [1.82, 2.24) is 14.7 Å². The lowest BCUT2D eigenvalue weighted by molar-refractivity contribution is -0.130. The molecule has 6 heteroatoms. The maximum Gasteiger partial charge on any atom is 0.319 e. The van der Waals surface area contributed by atoms with Crippen LogP contribution in [-0.4, -0.2) is 79.1 Å². The topological polar surface area (TPSA) is 53.1 Å². The maximum absolute atomic E-state index is 11.9. The van der Waals surface area contributed by atoms with Gasteiger partial charge in [-0.3, -0.25) is 4.79 Å². The molecular formula is C15H25N3O3. The van der Waals surface area contributed by atoms with Gasteiger partial charge in [0.2, 0.25) is 5.91 Å². The first kappa shape index (κ1) is 14.6. The highest BCUT2D eigenvalue weighted by Crippen LogP contribution is 2.42. The zero-order valence-electron chi connectivity index (χ0n) is 13.0. The number of rotatable bonds is 3. The quantitative estimate of drug-likeness (QED) is 0.773. The van der Waals surface area contributed by atoms with E-state index in [1.54, 1.807) is 19.0 Å². The fraction of sp³-hybridized carbons (Fsp3) is 0.867. The number of carbonyl (C=O) groups is 2. The van der Waals surface area contributed by atoms with Gasteiger partial charge in [0.15, 0.2) is 0 Å². The van der Waals surface area contributed by atoms with Crippen molar-refractivity contribution in [3.05, 3.63) is 0 Å². The number of nitrogens with zero attached hydrogens (tertiary/aromatic N) is 3. The summed E-state index contributed by atoms with van der Waals surface area (Å²) in [6, 6.07) is 0.0598. The van der Waals surface area contributed by atoms with Gasteiger partial charge in [-0.2, -0.15) is 0 Å². The van der Waals surface area contributed by atoms with Gasteiger partial charge in [-0.1, -0.05) is 0 Å². The molecule has 3 rings (SSSR count). The molecule has 0 radical (unpaired) electrons. The maximum atomic E-state index is 11.9. The molecular weight excluding hydrogens is 270 g/mol. The minimum Gasteiger partial charge on any atom is -0.371 e. The monoisotopic (exact) mass is 295 g/mol. The van der Waals surface area contributed by atoms with E-state index in [1.807, 2.05) is 9.80 Å². The standard InChI is InChI=1S/C15H25N3O3/c1-16(2)14(20)18-10-15(11-18)12(6-9-21-15)5-8-17-7-3-4-13(17)19/h12H,3-11H2,1-2H3. The molecule has 0 N–H and O–H groups in total. The summed E-state index contributed by atoms with van der Waals surface area (Å²) in [5, 5.41) is 0. The number of ether oxygens (including phenoxy) is 1. The molecule has 118 valence electrons. The molecule has 3 aliphatic heterocycles. The van der Waals surface area contributed by atoms with Crippen LogP contribution in [0.3, 0.4) is 0 Å². The molecule has 0 bridgehead atoms. The van der Waals surface area contributed by atoms with Gasteiger partial charge in [-0.15, -0.1) is 0 Å². The van der Waals surface area contributed by atoms with Gasteiger partial charge >= 0.3 is 6.03 Å². The van der Waals surface area contributed by atoms with E-state index < -0.39 is 0 Å². The lowest BCUT2D eigenvalue weighted by Crippen LogP contribution is -2.67.